The van der Waals surface area contributed by atoms with Crippen LogP contribution in [-0.2, 0) is 19.5 Å². The molecule has 0 amide bonds. The Morgan fingerprint density at radius 1 is 1.62 bits per heavy atom. The molecule has 1 heterocycles. The second-order valence-corrected chi connectivity index (χ2v) is 1.46. The van der Waals surface area contributed by atoms with Crippen LogP contribution in [0.25, 0.3) is 0 Å². The van der Waals surface area contributed by atoms with Gasteiger partial charge in [-0.3, -0.25) is 0 Å². The van der Waals surface area contributed by atoms with Crippen LogP contribution in [0.1, 0.15) is 5.56 Å². The number of aryl methyl sites for hydroxylation is 1. The van der Waals surface area contributed by atoms with Crippen molar-refractivity contribution in [1.82, 2.24) is 4.98 Å². The molecule has 0 aliphatic carbocycles. The van der Waals surface area contributed by atoms with E-state index in [-0.39, 0.29) is 19.5 Å². The summed E-state index contributed by atoms with van der Waals surface area (Å²) in [6.45, 7) is 2.00. The molecule has 2 heteroatoms. The van der Waals surface area contributed by atoms with E-state index in [0.29, 0.717) is 0 Å². The maximum atomic E-state index is 3.76. The zero-order valence-corrected chi connectivity index (χ0v) is 7.85. The molecule has 0 spiro atoms. The summed E-state index contributed by atoms with van der Waals surface area (Å²) < 4.78 is 0. The summed E-state index contributed by atoms with van der Waals surface area (Å²) >= 11 is 0. The molecule has 0 saturated heterocycles. The van der Waals surface area contributed by atoms with Gasteiger partial charge in [-0.05, 0) is 0 Å². The van der Waals surface area contributed by atoms with Crippen molar-refractivity contribution >= 4 is 0 Å². The van der Waals surface area contributed by atoms with Gasteiger partial charge in [0.15, 0.2) is 0 Å². The Kier molecular flexibility index (Phi) is 3.63. The van der Waals surface area contributed by atoms with E-state index < -0.39 is 0 Å². The van der Waals surface area contributed by atoms with Gasteiger partial charge in [0.25, 0.3) is 0 Å². The number of aromatic nitrogens is 1. The predicted octanol–water partition coefficient (Wildman–Crippen LogP) is 1.19. The van der Waals surface area contributed by atoms with Crippen LogP contribution in [0, 0.1) is 13.1 Å². The van der Waals surface area contributed by atoms with E-state index in [2.05, 4.69) is 11.2 Å². The Morgan fingerprint density at radius 2 is 2.38 bits per heavy atom. The van der Waals surface area contributed by atoms with Crippen LogP contribution in [0.3, 0.4) is 0 Å². The third-order valence-corrected chi connectivity index (χ3v) is 0.763. The van der Waals surface area contributed by atoms with E-state index in [0.717, 1.165) is 0 Å². The maximum Gasteiger partial charge on any atom is 0 e. The summed E-state index contributed by atoms with van der Waals surface area (Å²) in [5, 5.41) is 0. The van der Waals surface area contributed by atoms with Crippen LogP contribution in [0.5, 0.6) is 0 Å². The van der Waals surface area contributed by atoms with E-state index >= 15 is 0 Å². The van der Waals surface area contributed by atoms with E-state index in [9.17, 15) is 0 Å². The smallest absolute Gasteiger partial charge is 0 e. The molecule has 1 nitrogen and oxygen atoms in total. The van der Waals surface area contributed by atoms with Gasteiger partial charge in [-0.15, -0.1) is 5.56 Å². The molecule has 0 bridgehead atoms. The third-order valence-electron chi connectivity index (χ3n) is 0.763. The van der Waals surface area contributed by atoms with Gasteiger partial charge in [0, 0.05) is 19.5 Å². The molecule has 38 valence electrons. The second kappa shape index (κ2) is 3.74. The van der Waals surface area contributed by atoms with Crippen LogP contribution in [-0.4, -0.2) is 4.98 Å². The van der Waals surface area contributed by atoms with E-state index in [1.165, 1.54) is 5.56 Å². The number of rotatable bonds is 0. The molecule has 0 aliphatic rings. The predicted molar refractivity (Wildman–Crippen MR) is 27.8 cm³/mol. The van der Waals surface area contributed by atoms with Gasteiger partial charge >= 0.3 is 0 Å². The Bertz CT molecular complexity index is 138. The fourth-order valence-electron chi connectivity index (χ4n) is 0.394. The standard InChI is InChI=1S/C6H6N.Zn/c1-6-3-2-4-7-5-6;/h2-3,5H,1H3;/q-1;. The molecule has 0 radical (unpaired) electrons. The van der Waals surface area contributed by atoms with Crippen LogP contribution in [0.4, 0.5) is 0 Å². The largest absolute Gasteiger partial charge is 0.394 e. The summed E-state index contributed by atoms with van der Waals surface area (Å²) in [4.78, 5) is 3.76. The summed E-state index contributed by atoms with van der Waals surface area (Å²) in [5.74, 6) is 0. The minimum Gasteiger partial charge on any atom is -0.394 e. The molecule has 0 aliphatic heterocycles. The maximum absolute atomic E-state index is 3.76. The summed E-state index contributed by atoms with van der Waals surface area (Å²) in [6, 6.07) is 3.77. The average molecular weight is 158 g/mol. The molecule has 1 aromatic heterocycles. The molecular formula is C6H6NZn-. The first-order valence-electron chi connectivity index (χ1n) is 2.18. The van der Waals surface area contributed by atoms with Crippen molar-refractivity contribution in [2.45, 2.75) is 6.92 Å². The molecule has 0 aromatic carbocycles. The first kappa shape index (κ1) is 7.77. The van der Waals surface area contributed by atoms with Crippen LogP contribution in [0.2, 0.25) is 0 Å². The summed E-state index contributed by atoms with van der Waals surface area (Å²) in [7, 11) is 0. The normalized spacial score (nSPS) is 7.62. The van der Waals surface area contributed by atoms with Gasteiger partial charge in [-0.1, -0.05) is 19.3 Å². The fraction of sp³-hybridized carbons (Fsp3) is 0.167. The van der Waals surface area contributed by atoms with E-state index in [1.807, 2.05) is 13.0 Å². The third kappa shape index (κ3) is 2.18. The van der Waals surface area contributed by atoms with Gasteiger partial charge in [0.1, 0.15) is 0 Å². The molecule has 0 N–H and O–H groups in total. The summed E-state index contributed by atoms with van der Waals surface area (Å²) in [6.07, 6.45) is 4.46. The van der Waals surface area contributed by atoms with E-state index in [4.69, 9.17) is 0 Å². The van der Waals surface area contributed by atoms with Crippen molar-refractivity contribution in [2.75, 3.05) is 0 Å². The van der Waals surface area contributed by atoms with Crippen molar-refractivity contribution in [3.63, 3.8) is 0 Å². The van der Waals surface area contributed by atoms with Crippen LogP contribution in [0.15, 0.2) is 18.3 Å². The Balaban J connectivity index is 0.000000490. The first-order valence-corrected chi connectivity index (χ1v) is 2.18. The number of hydrogen-bond acceptors (Lipinski definition) is 1. The van der Waals surface area contributed by atoms with Crippen molar-refractivity contribution < 1.29 is 19.5 Å². The Labute approximate surface area is 61.9 Å². The molecule has 0 atom stereocenters. The average Bonchev–Trinajstić information content (AvgIpc) is 1.69. The molecule has 1 aromatic rings. The van der Waals surface area contributed by atoms with Gasteiger partial charge in [0.05, 0.1) is 0 Å². The second-order valence-electron chi connectivity index (χ2n) is 1.46. The van der Waals surface area contributed by atoms with Gasteiger partial charge in [-0.2, -0.15) is 12.1 Å². The zero-order chi connectivity index (χ0) is 5.11. The first-order chi connectivity index (χ1) is 3.39. The molecule has 0 saturated carbocycles. The van der Waals surface area contributed by atoms with Crippen LogP contribution >= 0.6 is 0 Å². The van der Waals surface area contributed by atoms with Crippen molar-refractivity contribution in [2.24, 2.45) is 0 Å². The van der Waals surface area contributed by atoms with Crippen molar-refractivity contribution in [3.8, 4) is 0 Å². The van der Waals surface area contributed by atoms with E-state index in [1.54, 1.807) is 12.3 Å². The minimum atomic E-state index is 0. The van der Waals surface area contributed by atoms with Gasteiger partial charge in [-0.25, -0.2) is 0 Å². The quantitative estimate of drug-likeness (QED) is 0.407. The molecule has 0 fully saturated rings. The molecule has 1 rings (SSSR count). The van der Waals surface area contributed by atoms with Gasteiger partial charge in [0.2, 0.25) is 0 Å². The zero-order valence-electron chi connectivity index (χ0n) is 4.89. The van der Waals surface area contributed by atoms with Crippen molar-refractivity contribution in [3.05, 3.63) is 30.1 Å². The topological polar surface area (TPSA) is 12.9 Å². The molecule has 0 unspecified atom stereocenters. The Hall–Kier alpha value is -0.227. The monoisotopic (exact) mass is 156 g/mol. The van der Waals surface area contributed by atoms with Crippen LogP contribution < -0.4 is 0 Å². The number of hydrogen-bond donors (Lipinski definition) is 0. The molecule has 8 heavy (non-hydrogen) atoms. The summed E-state index contributed by atoms with van der Waals surface area (Å²) in [5.41, 5.74) is 1.18. The van der Waals surface area contributed by atoms with Crippen molar-refractivity contribution in [1.29, 1.82) is 0 Å². The SMILES string of the molecule is Cc1cc[c-]nc1.[Zn]. The molecular weight excluding hydrogens is 151 g/mol. The Morgan fingerprint density at radius 3 is 2.62 bits per heavy atom. The minimum absolute atomic E-state index is 0. The van der Waals surface area contributed by atoms with Gasteiger partial charge < -0.3 is 4.98 Å². The number of nitrogens with zero attached hydrogens (tertiary/aromatic N) is 1. The fourth-order valence-corrected chi connectivity index (χ4v) is 0.394. The number of pyridine rings is 1.